The molecule has 0 rings (SSSR count). The molecule has 0 fully saturated rings. The first-order valence-corrected chi connectivity index (χ1v) is 5.15. The van der Waals surface area contributed by atoms with Crippen LogP contribution in [0.15, 0.2) is 0 Å². The average molecular weight is 171 g/mol. The summed E-state index contributed by atoms with van der Waals surface area (Å²) in [5.41, 5.74) is 0.512. The lowest BCUT2D eigenvalue weighted by Crippen LogP contribution is -2.23. The largest absolute Gasteiger partial charge is 0.315 e. The summed E-state index contributed by atoms with van der Waals surface area (Å²) < 4.78 is 0. The fourth-order valence-corrected chi connectivity index (χ4v) is 1.17. The zero-order valence-electron chi connectivity index (χ0n) is 9.41. The second kappa shape index (κ2) is 5.58. The van der Waals surface area contributed by atoms with Crippen LogP contribution in [0.5, 0.6) is 0 Å². The molecule has 0 amide bonds. The van der Waals surface area contributed by atoms with Gasteiger partial charge in [0.15, 0.2) is 0 Å². The third kappa shape index (κ3) is 9.96. The molecule has 0 bridgehead atoms. The summed E-state index contributed by atoms with van der Waals surface area (Å²) in [5, 5.41) is 3.43. The second-order valence-corrected chi connectivity index (χ2v) is 5.13. The molecule has 0 saturated heterocycles. The van der Waals surface area contributed by atoms with Crippen molar-refractivity contribution in [2.75, 3.05) is 6.54 Å². The van der Waals surface area contributed by atoms with Crippen LogP contribution in [0.3, 0.4) is 0 Å². The third-order valence-corrected chi connectivity index (χ3v) is 1.91. The fourth-order valence-electron chi connectivity index (χ4n) is 1.17. The molecule has 0 aliphatic carbocycles. The lowest BCUT2D eigenvalue weighted by molar-refractivity contribution is 0.357. The summed E-state index contributed by atoms with van der Waals surface area (Å²) in [4.78, 5) is 0. The fraction of sp³-hybridized carbons (Fsp3) is 1.00. The van der Waals surface area contributed by atoms with Gasteiger partial charge in [0.05, 0.1) is 0 Å². The highest BCUT2D eigenvalue weighted by atomic mass is 14.9. The number of hydrogen-bond acceptors (Lipinski definition) is 1. The van der Waals surface area contributed by atoms with Gasteiger partial charge >= 0.3 is 0 Å². The van der Waals surface area contributed by atoms with Crippen molar-refractivity contribution in [1.82, 2.24) is 5.32 Å². The SMILES string of the molecule is CC(C)NCCCCC(C)(C)C. The van der Waals surface area contributed by atoms with Gasteiger partial charge in [0.25, 0.3) is 0 Å². The van der Waals surface area contributed by atoms with Crippen LogP contribution in [-0.2, 0) is 0 Å². The first-order valence-electron chi connectivity index (χ1n) is 5.15. The number of hydrogen-bond donors (Lipinski definition) is 1. The number of unbranched alkanes of at least 4 members (excludes halogenated alkanes) is 1. The number of nitrogens with one attached hydrogen (secondary N) is 1. The number of rotatable bonds is 5. The van der Waals surface area contributed by atoms with Gasteiger partial charge in [0.2, 0.25) is 0 Å². The molecule has 0 atom stereocenters. The summed E-state index contributed by atoms with van der Waals surface area (Å²) in [6, 6.07) is 0.639. The van der Waals surface area contributed by atoms with Crippen LogP contribution in [0.2, 0.25) is 0 Å². The van der Waals surface area contributed by atoms with Crippen LogP contribution in [-0.4, -0.2) is 12.6 Å². The van der Waals surface area contributed by atoms with E-state index < -0.39 is 0 Å². The van der Waals surface area contributed by atoms with Gasteiger partial charge in [-0.1, -0.05) is 41.0 Å². The molecule has 0 aliphatic rings. The smallest absolute Gasteiger partial charge is 0.00103 e. The first-order chi connectivity index (χ1) is 5.42. The normalized spacial score (nSPS) is 12.5. The highest BCUT2D eigenvalue weighted by molar-refractivity contribution is 4.62. The quantitative estimate of drug-likeness (QED) is 0.626. The van der Waals surface area contributed by atoms with Crippen molar-refractivity contribution >= 4 is 0 Å². The Bertz CT molecular complexity index is 100. The van der Waals surface area contributed by atoms with Gasteiger partial charge in [-0.05, 0) is 24.8 Å². The Kier molecular flexibility index (Phi) is 5.56. The molecule has 0 saturated carbocycles. The van der Waals surface area contributed by atoms with Crippen LogP contribution in [0, 0.1) is 5.41 Å². The molecule has 0 radical (unpaired) electrons. The molecule has 0 heterocycles. The van der Waals surface area contributed by atoms with E-state index in [1.807, 2.05) is 0 Å². The molecular weight excluding hydrogens is 146 g/mol. The van der Waals surface area contributed by atoms with Gasteiger partial charge in [-0.25, -0.2) is 0 Å². The highest BCUT2D eigenvalue weighted by Crippen LogP contribution is 2.21. The minimum Gasteiger partial charge on any atom is -0.315 e. The summed E-state index contributed by atoms with van der Waals surface area (Å²) >= 11 is 0. The highest BCUT2D eigenvalue weighted by Gasteiger charge is 2.08. The van der Waals surface area contributed by atoms with Crippen LogP contribution in [0.25, 0.3) is 0 Å². The predicted molar refractivity (Wildman–Crippen MR) is 56.4 cm³/mol. The molecule has 1 heteroatoms. The summed E-state index contributed by atoms with van der Waals surface area (Å²) in [5.74, 6) is 0. The minimum absolute atomic E-state index is 0.512. The molecule has 0 aromatic rings. The molecule has 0 aliphatic heterocycles. The lowest BCUT2D eigenvalue weighted by atomic mass is 9.90. The van der Waals surface area contributed by atoms with Crippen molar-refractivity contribution < 1.29 is 0 Å². The molecule has 0 unspecified atom stereocenters. The summed E-state index contributed by atoms with van der Waals surface area (Å²) in [7, 11) is 0. The van der Waals surface area contributed by atoms with Crippen LogP contribution < -0.4 is 5.32 Å². The Hall–Kier alpha value is -0.0400. The molecule has 1 nitrogen and oxygen atoms in total. The maximum absolute atomic E-state index is 3.43. The third-order valence-electron chi connectivity index (χ3n) is 1.91. The van der Waals surface area contributed by atoms with Gasteiger partial charge in [-0.15, -0.1) is 0 Å². The molecular formula is C11H25N. The van der Waals surface area contributed by atoms with Crippen LogP contribution in [0.1, 0.15) is 53.9 Å². The Labute approximate surface area is 77.9 Å². The summed E-state index contributed by atoms with van der Waals surface area (Å²) in [6.45, 7) is 12.5. The van der Waals surface area contributed by atoms with Gasteiger partial charge in [-0.2, -0.15) is 0 Å². The van der Waals surface area contributed by atoms with E-state index in [0.29, 0.717) is 11.5 Å². The van der Waals surface area contributed by atoms with Crippen molar-refractivity contribution in [2.45, 2.75) is 59.9 Å². The standard InChI is InChI=1S/C11H25N/c1-10(2)12-9-7-6-8-11(3,4)5/h10,12H,6-9H2,1-5H3. The van der Waals surface area contributed by atoms with Gasteiger partial charge in [0.1, 0.15) is 0 Å². The topological polar surface area (TPSA) is 12.0 Å². The Balaban J connectivity index is 3.12. The van der Waals surface area contributed by atoms with E-state index in [1.165, 1.54) is 25.8 Å². The Morgan fingerprint density at radius 2 is 1.67 bits per heavy atom. The molecule has 1 N–H and O–H groups in total. The predicted octanol–water partition coefficient (Wildman–Crippen LogP) is 3.20. The van der Waals surface area contributed by atoms with Crippen molar-refractivity contribution in [3.8, 4) is 0 Å². The van der Waals surface area contributed by atoms with E-state index in [-0.39, 0.29) is 0 Å². The molecule has 74 valence electrons. The summed E-state index contributed by atoms with van der Waals surface area (Å²) in [6.07, 6.45) is 4.01. The van der Waals surface area contributed by atoms with Gasteiger partial charge in [-0.3, -0.25) is 0 Å². The molecule has 0 aromatic heterocycles. The van der Waals surface area contributed by atoms with E-state index in [0.717, 1.165) is 0 Å². The zero-order valence-corrected chi connectivity index (χ0v) is 9.41. The van der Waals surface area contributed by atoms with Gasteiger partial charge < -0.3 is 5.32 Å². The van der Waals surface area contributed by atoms with Gasteiger partial charge in [0, 0.05) is 6.04 Å². The zero-order chi connectivity index (χ0) is 9.61. The van der Waals surface area contributed by atoms with Crippen molar-refractivity contribution in [1.29, 1.82) is 0 Å². The maximum Gasteiger partial charge on any atom is 0.00103 e. The molecule has 12 heavy (non-hydrogen) atoms. The monoisotopic (exact) mass is 171 g/mol. The Morgan fingerprint density at radius 1 is 1.08 bits per heavy atom. The van der Waals surface area contributed by atoms with E-state index in [4.69, 9.17) is 0 Å². The van der Waals surface area contributed by atoms with Crippen molar-refractivity contribution in [3.63, 3.8) is 0 Å². The Morgan fingerprint density at radius 3 is 2.08 bits per heavy atom. The van der Waals surface area contributed by atoms with Crippen molar-refractivity contribution in [2.24, 2.45) is 5.41 Å². The van der Waals surface area contributed by atoms with E-state index in [2.05, 4.69) is 39.9 Å². The minimum atomic E-state index is 0.512. The van der Waals surface area contributed by atoms with E-state index in [9.17, 15) is 0 Å². The maximum atomic E-state index is 3.43. The van der Waals surface area contributed by atoms with Crippen LogP contribution in [0.4, 0.5) is 0 Å². The lowest BCUT2D eigenvalue weighted by Gasteiger charge is -2.17. The van der Waals surface area contributed by atoms with E-state index in [1.54, 1.807) is 0 Å². The second-order valence-electron chi connectivity index (χ2n) is 5.13. The van der Waals surface area contributed by atoms with Crippen molar-refractivity contribution in [3.05, 3.63) is 0 Å². The van der Waals surface area contributed by atoms with Crippen LogP contribution >= 0.6 is 0 Å². The molecule has 0 spiro atoms. The average Bonchev–Trinajstić information content (AvgIpc) is 1.83. The van der Waals surface area contributed by atoms with E-state index >= 15 is 0 Å². The molecule has 0 aromatic carbocycles. The first kappa shape index (κ1) is 12.0.